The third-order valence-corrected chi connectivity index (χ3v) is 5.31. The van der Waals surface area contributed by atoms with Gasteiger partial charge in [0.1, 0.15) is 5.76 Å². The molecule has 7 heteroatoms. The van der Waals surface area contributed by atoms with Crippen LogP contribution in [0.3, 0.4) is 0 Å². The fourth-order valence-corrected chi connectivity index (χ4v) is 3.71. The number of carboxylic acids is 1. The monoisotopic (exact) mass is 427 g/mol. The van der Waals surface area contributed by atoms with Crippen LogP contribution in [0.15, 0.2) is 60.2 Å². The zero-order valence-electron chi connectivity index (χ0n) is 16.3. The molecule has 1 atom stereocenters. The van der Waals surface area contributed by atoms with Crippen molar-refractivity contribution in [3.8, 4) is 0 Å². The van der Waals surface area contributed by atoms with Gasteiger partial charge >= 0.3 is 5.97 Å². The number of Topliss-reactive ketones (excluding diaryl/α,β-unsaturated/α-hetero) is 1. The molecule has 2 aromatic rings. The maximum Gasteiger partial charge on any atom is 0.303 e. The van der Waals surface area contributed by atoms with Crippen molar-refractivity contribution in [3.05, 3.63) is 76.3 Å². The number of benzene rings is 2. The van der Waals surface area contributed by atoms with Crippen LogP contribution in [0, 0.1) is 0 Å². The quantitative estimate of drug-likeness (QED) is 0.281. The van der Waals surface area contributed by atoms with Crippen LogP contribution in [0.1, 0.15) is 42.9 Å². The Morgan fingerprint density at radius 3 is 2.23 bits per heavy atom. The number of hydrogen-bond acceptors (Lipinski definition) is 4. The molecule has 3 rings (SSSR count). The average molecular weight is 428 g/mol. The third kappa shape index (κ3) is 4.71. The second-order valence-electron chi connectivity index (χ2n) is 7.11. The van der Waals surface area contributed by atoms with Gasteiger partial charge in [0.25, 0.3) is 11.7 Å². The van der Waals surface area contributed by atoms with Gasteiger partial charge in [0.15, 0.2) is 0 Å². The predicted octanol–water partition coefficient (Wildman–Crippen LogP) is 4.41. The lowest BCUT2D eigenvalue weighted by molar-refractivity contribution is -0.140. The minimum atomic E-state index is -0.862. The van der Waals surface area contributed by atoms with Crippen molar-refractivity contribution in [1.29, 1.82) is 0 Å². The number of unbranched alkanes of at least 4 members (excludes halogenated alkanes) is 2. The summed E-state index contributed by atoms with van der Waals surface area (Å²) in [6.45, 7) is 0.281. The van der Waals surface area contributed by atoms with Crippen molar-refractivity contribution in [3.63, 3.8) is 0 Å². The zero-order valence-corrected chi connectivity index (χ0v) is 17.0. The van der Waals surface area contributed by atoms with Crippen molar-refractivity contribution in [2.75, 3.05) is 6.54 Å². The van der Waals surface area contributed by atoms with Gasteiger partial charge in [-0.1, -0.05) is 60.5 Å². The van der Waals surface area contributed by atoms with Crippen LogP contribution in [-0.4, -0.2) is 39.3 Å². The maximum atomic E-state index is 12.8. The highest BCUT2D eigenvalue weighted by molar-refractivity contribution is 6.46. The van der Waals surface area contributed by atoms with Crippen LogP contribution in [0.2, 0.25) is 5.02 Å². The lowest BCUT2D eigenvalue weighted by Gasteiger charge is -2.25. The molecule has 1 amide bonds. The summed E-state index contributed by atoms with van der Waals surface area (Å²) in [6, 6.07) is 14.7. The zero-order chi connectivity index (χ0) is 21.7. The second-order valence-corrected chi connectivity index (χ2v) is 7.55. The van der Waals surface area contributed by atoms with E-state index in [1.54, 1.807) is 54.6 Å². The lowest BCUT2D eigenvalue weighted by Crippen LogP contribution is -2.30. The highest BCUT2D eigenvalue weighted by Crippen LogP contribution is 2.39. The number of nitrogens with zero attached hydrogens (tertiary/aromatic N) is 1. The molecule has 0 bridgehead atoms. The summed E-state index contributed by atoms with van der Waals surface area (Å²) in [5.74, 6) is -2.49. The molecule has 0 aromatic heterocycles. The van der Waals surface area contributed by atoms with Crippen molar-refractivity contribution < 1.29 is 24.6 Å². The first kappa shape index (κ1) is 21.6. The van der Waals surface area contributed by atoms with Crippen LogP contribution in [0.25, 0.3) is 5.76 Å². The highest BCUT2D eigenvalue weighted by atomic mass is 35.5. The topological polar surface area (TPSA) is 94.9 Å². The molecular weight excluding hydrogens is 406 g/mol. The number of hydrogen-bond donors (Lipinski definition) is 2. The standard InChI is InChI=1S/C23H22ClNO5/c24-17-12-10-15(11-13-17)20-19(21(28)16-7-3-1-4-8-16)22(29)23(30)25(20)14-6-2-5-9-18(26)27/h1,3-4,7-8,10-13,20,28H,2,5-6,9,14H2,(H,26,27)/b21-19+. The lowest BCUT2D eigenvalue weighted by atomic mass is 9.95. The first-order valence-corrected chi connectivity index (χ1v) is 10.1. The first-order valence-electron chi connectivity index (χ1n) is 9.71. The molecule has 0 spiro atoms. The Kier molecular flexibility index (Phi) is 6.90. The van der Waals surface area contributed by atoms with Gasteiger partial charge in [0, 0.05) is 23.6 Å². The summed E-state index contributed by atoms with van der Waals surface area (Å²) < 4.78 is 0. The summed E-state index contributed by atoms with van der Waals surface area (Å²) >= 11 is 5.99. The van der Waals surface area contributed by atoms with Crippen molar-refractivity contribution in [2.24, 2.45) is 0 Å². The number of carbonyl (C=O) groups is 3. The number of amides is 1. The Morgan fingerprint density at radius 1 is 0.933 bits per heavy atom. The molecule has 6 nitrogen and oxygen atoms in total. The fourth-order valence-electron chi connectivity index (χ4n) is 3.59. The second kappa shape index (κ2) is 9.59. The summed E-state index contributed by atoms with van der Waals surface area (Å²) in [7, 11) is 0. The van der Waals surface area contributed by atoms with Crippen molar-refractivity contribution in [1.82, 2.24) is 4.90 Å². The average Bonchev–Trinajstić information content (AvgIpc) is 2.99. The van der Waals surface area contributed by atoms with E-state index in [4.69, 9.17) is 16.7 Å². The van der Waals surface area contributed by atoms with E-state index in [2.05, 4.69) is 0 Å². The number of aliphatic hydroxyl groups excluding tert-OH is 1. The number of rotatable bonds is 8. The number of carbonyl (C=O) groups excluding carboxylic acids is 2. The van der Waals surface area contributed by atoms with Crippen LogP contribution >= 0.6 is 11.6 Å². The predicted molar refractivity (Wildman–Crippen MR) is 113 cm³/mol. The normalized spacial score (nSPS) is 18.0. The van der Waals surface area contributed by atoms with Gasteiger partial charge in [-0.15, -0.1) is 0 Å². The molecule has 1 saturated heterocycles. The number of halogens is 1. The number of ketones is 1. The van der Waals surface area contributed by atoms with Gasteiger partial charge in [0.2, 0.25) is 0 Å². The Morgan fingerprint density at radius 2 is 1.60 bits per heavy atom. The molecule has 30 heavy (non-hydrogen) atoms. The molecule has 0 saturated carbocycles. The molecule has 156 valence electrons. The molecule has 0 radical (unpaired) electrons. The van der Waals surface area contributed by atoms with E-state index in [0.717, 1.165) is 0 Å². The molecular formula is C23H22ClNO5. The minimum Gasteiger partial charge on any atom is -0.507 e. The van der Waals surface area contributed by atoms with Gasteiger partial charge in [-0.2, -0.15) is 0 Å². The van der Waals surface area contributed by atoms with Crippen LogP contribution < -0.4 is 0 Å². The van der Waals surface area contributed by atoms with Gasteiger partial charge in [0.05, 0.1) is 11.6 Å². The smallest absolute Gasteiger partial charge is 0.303 e. The van der Waals surface area contributed by atoms with E-state index in [0.29, 0.717) is 35.4 Å². The van der Waals surface area contributed by atoms with E-state index in [1.165, 1.54) is 4.90 Å². The van der Waals surface area contributed by atoms with E-state index in [9.17, 15) is 19.5 Å². The molecule has 2 aromatic carbocycles. The Hall–Kier alpha value is -3.12. The molecule has 1 unspecified atom stereocenters. The maximum absolute atomic E-state index is 12.8. The van der Waals surface area contributed by atoms with Crippen LogP contribution in [0.4, 0.5) is 0 Å². The van der Waals surface area contributed by atoms with E-state index in [-0.39, 0.29) is 24.3 Å². The third-order valence-electron chi connectivity index (χ3n) is 5.06. The first-order chi connectivity index (χ1) is 14.4. The van der Waals surface area contributed by atoms with Crippen LogP contribution in [-0.2, 0) is 14.4 Å². The number of likely N-dealkylation sites (tertiary alicyclic amines) is 1. The van der Waals surface area contributed by atoms with E-state index in [1.807, 2.05) is 0 Å². The van der Waals surface area contributed by atoms with Gasteiger partial charge in [-0.3, -0.25) is 14.4 Å². The van der Waals surface area contributed by atoms with Crippen LogP contribution in [0.5, 0.6) is 0 Å². The number of aliphatic carboxylic acids is 1. The molecule has 0 aliphatic carbocycles. The highest BCUT2D eigenvalue weighted by Gasteiger charge is 2.45. The Bertz CT molecular complexity index is 969. The van der Waals surface area contributed by atoms with Gasteiger partial charge in [-0.05, 0) is 30.5 Å². The van der Waals surface area contributed by atoms with E-state index < -0.39 is 23.7 Å². The fraction of sp³-hybridized carbons (Fsp3) is 0.261. The summed E-state index contributed by atoms with van der Waals surface area (Å²) in [5, 5.41) is 20.2. The number of carboxylic acid groups (broad SMARTS) is 1. The minimum absolute atomic E-state index is 0.0408. The summed E-state index contributed by atoms with van der Waals surface area (Å²) in [6.07, 6.45) is 1.72. The number of aliphatic hydroxyl groups is 1. The SMILES string of the molecule is O=C(O)CCCCCN1C(=O)C(=O)/C(=C(/O)c2ccccc2)C1c1ccc(Cl)cc1. The summed E-state index contributed by atoms with van der Waals surface area (Å²) in [5.41, 5.74) is 1.16. The Balaban J connectivity index is 1.95. The molecule has 2 N–H and O–H groups in total. The van der Waals surface area contributed by atoms with Gasteiger partial charge < -0.3 is 15.1 Å². The Labute approximate surface area is 179 Å². The van der Waals surface area contributed by atoms with Crippen molar-refractivity contribution >= 4 is 35.0 Å². The molecule has 1 heterocycles. The summed E-state index contributed by atoms with van der Waals surface area (Å²) in [4.78, 5) is 37.8. The largest absolute Gasteiger partial charge is 0.507 e. The molecule has 1 fully saturated rings. The molecule has 1 aliphatic rings. The van der Waals surface area contributed by atoms with E-state index >= 15 is 0 Å². The molecule has 1 aliphatic heterocycles. The van der Waals surface area contributed by atoms with Crippen molar-refractivity contribution in [2.45, 2.75) is 31.7 Å². The van der Waals surface area contributed by atoms with Gasteiger partial charge in [-0.25, -0.2) is 0 Å².